The number of non-ortho nitro benzene ring substituents is 1. The highest BCUT2D eigenvalue weighted by atomic mass is 32.2. The summed E-state index contributed by atoms with van der Waals surface area (Å²) in [5.41, 5.74) is 2.32. The van der Waals surface area contributed by atoms with Gasteiger partial charge in [-0.25, -0.2) is 28.1 Å². The van der Waals surface area contributed by atoms with Crippen molar-refractivity contribution in [3.63, 3.8) is 0 Å². The molecule has 0 radical (unpaired) electrons. The Morgan fingerprint density at radius 2 is 1.92 bits per heavy atom. The van der Waals surface area contributed by atoms with E-state index in [1.165, 1.54) is 42.7 Å². The minimum atomic E-state index is -3.69. The highest BCUT2D eigenvalue weighted by Gasteiger charge is 2.20. The van der Waals surface area contributed by atoms with Gasteiger partial charge in [0.25, 0.3) is 5.69 Å². The number of benzene rings is 2. The smallest absolute Gasteiger partial charge is 0.270 e. The molecule has 194 valence electrons. The van der Waals surface area contributed by atoms with Crippen molar-refractivity contribution in [2.45, 2.75) is 4.90 Å². The van der Waals surface area contributed by atoms with Gasteiger partial charge < -0.3 is 10.1 Å². The van der Waals surface area contributed by atoms with Gasteiger partial charge in [0.15, 0.2) is 4.96 Å². The second kappa shape index (κ2) is 10.5. The third-order valence-corrected chi connectivity index (χ3v) is 7.79. The van der Waals surface area contributed by atoms with Crippen LogP contribution in [0.15, 0.2) is 77.3 Å². The van der Waals surface area contributed by atoms with Gasteiger partial charge >= 0.3 is 0 Å². The molecular formula is C24H21N7O5S2. The van der Waals surface area contributed by atoms with Crippen molar-refractivity contribution in [1.29, 1.82) is 0 Å². The molecule has 0 aliphatic heterocycles. The Bertz CT molecular complexity index is 1720. The normalized spacial score (nSPS) is 11.5. The number of fused-ring (bicyclic) bond motifs is 1. The molecule has 3 aromatic heterocycles. The average Bonchev–Trinajstić information content (AvgIpc) is 3.53. The first-order chi connectivity index (χ1) is 18.4. The van der Waals surface area contributed by atoms with E-state index in [0.717, 1.165) is 0 Å². The minimum absolute atomic E-state index is 0.0352. The lowest BCUT2D eigenvalue weighted by atomic mass is 10.1. The molecule has 3 heterocycles. The second-order valence-electron chi connectivity index (χ2n) is 7.94. The number of nitro groups is 1. The highest BCUT2D eigenvalue weighted by Crippen LogP contribution is 2.34. The second-order valence-corrected chi connectivity index (χ2v) is 10.6. The first kappa shape index (κ1) is 25.3. The van der Waals surface area contributed by atoms with E-state index in [1.54, 1.807) is 36.5 Å². The first-order valence-electron chi connectivity index (χ1n) is 11.3. The zero-order valence-corrected chi connectivity index (χ0v) is 21.6. The van der Waals surface area contributed by atoms with E-state index in [1.807, 2.05) is 16.0 Å². The molecule has 0 spiro atoms. The topological polar surface area (TPSA) is 154 Å². The van der Waals surface area contributed by atoms with Crippen LogP contribution in [0.25, 0.3) is 27.6 Å². The van der Waals surface area contributed by atoms with Gasteiger partial charge in [-0.3, -0.25) is 14.5 Å². The molecule has 0 aliphatic rings. The molecule has 0 fully saturated rings. The molecule has 0 saturated heterocycles. The number of ether oxygens (including phenoxy) is 1. The molecule has 0 amide bonds. The predicted molar refractivity (Wildman–Crippen MR) is 143 cm³/mol. The summed E-state index contributed by atoms with van der Waals surface area (Å²) in [6, 6.07) is 14.1. The number of thiazole rings is 1. The van der Waals surface area contributed by atoms with E-state index in [-0.39, 0.29) is 23.7 Å². The van der Waals surface area contributed by atoms with Crippen LogP contribution in [0.5, 0.6) is 5.75 Å². The molecule has 12 nitrogen and oxygen atoms in total. The van der Waals surface area contributed by atoms with E-state index in [2.05, 4.69) is 25.0 Å². The standard InChI is InChI=1S/C24H21N7O5S2/c1-36-18-5-7-19(8-6-18)38(34,35)27-12-11-26-23-25-10-9-20(28-23)22-21(29-24-30(22)13-14-37-24)16-3-2-4-17(15-16)31(32)33/h2-10,13-15,27H,11-12H2,1H3,(H,25,26,28). The number of hydrogen-bond donors (Lipinski definition) is 2. The lowest BCUT2D eigenvalue weighted by Gasteiger charge is -2.10. The monoisotopic (exact) mass is 551 g/mol. The van der Waals surface area contributed by atoms with Crippen molar-refractivity contribution in [2.24, 2.45) is 0 Å². The summed E-state index contributed by atoms with van der Waals surface area (Å²) in [4.78, 5) is 25.2. The number of rotatable bonds is 10. The number of sulfonamides is 1. The Morgan fingerprint density at radius 1 is 1.11 bits per heavy atom. The maximum atomic E-state index is 12.5. The van der Waals surface area contributed by atoms with Crippen molar-refractivity contribution in [1.82, 2.24) is 24.1 Å². The van der Waals surface area contributed by atoms with Crippen LogP contribution in [0.4, 0.5) is 11.6 Å². The van der Waals surface area contributed by atoms with Crippen molar-refractivity contribution in [3.8, 4) is 28.4 Å². The summed E-state index contributed by atoms with van der Waals surface area (Å²) in [6.07, 6.45) is 3.43. The fourth-order valence-corrected chi connectivity index (χ4v) is 5.52. The molecule has 2 N–H and O–H groups in total. The number of hydrogen-bond acceptors (Lipinski definition) is 10. The van der Waals surface area contributed by atoms with Crippen molar-refractivity contribution < 1.29 is 18.1 Å². The summed E-state index contributed by atoms with van der Waals surface area (Å²) in [7, 11) is -2.18. The summed E-state index contributed by atoms with van der Waals surface area (Å²) in [5.74, 6) is 0.857. The number of imidazole rings is 1. The van der Waals surface area contributed by atoms with Gasteiger partial charge in [-0.2, -0.15) is 0 Å². The molecule has 0 aliphatic carbocycles. The molecule has 0 unspecified atom stereocenters. The number of nitro benzene ring substituents is 1. The molecule has 0 atom stereocenters. The van der Waals surface area contributed by atoms with Crippen LogP contribution < -0.4 is 14.8 Å². The summed E-state index contributed by atoms with van der Waals surface area (Å²) in [6.45, 7) is 0.333. The fraction of sp³-hybridized carbons (Fsp3) is 0.125. The Hall–Kier alpha value is -4.40. The van der Waals surface area contributed by atoms with Crippen LogP contribution in [0.1, 0.15) is 0 Å². The zero-order valence-electron chi connectivity index (χ0n) is 19.9. The van der Waals surface area contributed by atoms with Crippen LogP contribution in [0.2, 0.25) is 0 Å². The van der Waals surface area contributed by atoms with Crippen molar-refractivity contribution in [2.75, 3.05) is 25.5 Å². The number of nitrogens with one attached hydrogen (secondary N) is 2. The Balaban J connectivity index is 1.34. The molecule has 5 rings (SSSR count). The van der Waals surface area contributed by atoms with E-state index in [0.29, 0.717) is 39.3 Å². The highest BCUT2D eigenvalue weighted by molar-refractivity contribution is 7.89. The Labute approximate surface area is 221 Å². The lowest BCUT2D eigenvalue weighted by Crippen LogP contribution is -2.29. The summed E-state index contributed by atoms with van der Waals surface area (Å²) < 4.78 is 34.5. The lowest BCUT2D eigenvalue weighted by molar-refractivity contribution is -0.384. The largest absolute Gasteiger partial charge is 0.497 e. The van der Waals surface area contributed by atoms with Crippen LogP contribution >= 0.6 is 11.3 Å². The quantitative estimate of drug-likeness (QED) is 0.150. The number of aromatic nitrogens is 4. The fourth-order valence-electron chi connectivity index (χ4n) is 3.77. The molecule has 0 bridgehead atoms. The van der Waals surface area contributed by atoms with Gasteiger partial charge in [0.1, 0.15) is 17.1 Å². The van der Waals surface area contributed by atoms with E-state index < -0.39 is 14.9 Å². The third kappa shape index (κ3) is 5.18. The van der Waals surface area contributed by atoms with Crippen molar-refractivity contribution in [3.05, 3.63) is 82.5 Å². The third-order valence-electron chi connectivity index (χ3n) is 5.56. The molecule has 5 aromatic rings. The van der Waals surface area contributed by atoms with Gasteiger partial charge in [-0.05, 0) is 30.3 Å². The van der Waals surface area contributed by atoms with Gasteiger partial charge in [0.2, 0.25) is 16.0 Å². The molecule has 14 heteroatoms. The van der Waals surface area contributed by atoms with Gasteiger partial charge in [0.05, 0.1) is 22.6 Å². The first-order valence-corrected chi connectivity index (χ1v) is 13.6. The van der Waals surface area contributed by atoms with Gasteiger partial charge in [-0.15, -0.1) is 11.3 Å². The van der Waals surface area contributed by atoms with Crippen LogP contribution in [-0.4, -0.2) is 52.9 Å². The zero-order chi connectivity index (χ0) is 26.7. The summed E-state index contributed by atoms with van der Waals surface area (Å²) in [5, 5.41) is 16.2. The van der Waals surface area contributed by atoms with Gasteiger partial charge in [-0.1, -0.05) is 12.1 Å². The van der Waals surface area contributed by atoms with E-state index in [9.17, 15) is 18.5 Å². The molecular weight excluding hydrogens is 530 g/mol. The van der Waals surface area contributed by atoms with Crippen molar-refractivity contribution >= 4 is 38.0 Å². The molecule has 2 aromatic carbocycles. The maximum Gasteiger partial charge on any atom is 0.270 e. The molecule has 0 saturated carbocycles. The predicted octanol–water partition coefficient (Wildman–Crippen LogP) is 3.83. The number of methoxy groups -OCH3 is 1. The maximum absolute atomic E-state index is 12.5. The van der Waals surface area contributed by atoms with Crippen LogP contribution in [0.3, 0.4) is 0 Å². The van der Waals surface area contributed by atoms with E-state index >= 15 is 0 Å². The molecule has 38 heavy (non-hydrogen) atoms. The summed E-state index contributed by atoms with van der Waals surface area (Å²) >= 11 is 1.43. The van der Waals surface area contributed by atoms with Crippen LogP contribution in [0, 0.1) is 10.1 Å². The Kier molecular flexibility index (Phi) is 7.00. The van der Waals surface area contributed by atoms with Crippen LogP contribution in [-0.2, 0) is 10.0 Å². The minimum Gasteiger partial charge on any atom is -0.497 e. The Morgan fingerprint density at radius 3 is 2.68 bits per heavy atom. The van der Waals surface area contributed by atoms with E-state index in [4.69, 9.17) is 4.74 Å². The van der Waals surface area contributed by atoms with Gasteiger partial charge in [0, 0.05) is 48.6 Å². The number of anilines is 1. The number of nitrogens with zero attached hydrogens (tertiary/aromatic N) is 5. The average molecular weight is 552 g/mol. The SMILES string of the molecule is COc1ccc(S(=O)(=O)NCCNc2nccc(-c3c(-c4cccc([N+](=O)[O-])c4)nc4sccn34)n2)cc1.